The largest absolute Gasteiger partial charge is 0.376 e. The van der Waals surface area contributed by atoms with Crippen LogP contribution in [0.4, 0.5) is 5.69 Å². The van der Waals surface area contributed by atoms with E-state index in [4.69, 9.17) is 11.6 Å². The number of hydrogen-bond acceptors (Lipinski definition) is 3. The van der Waals surface area contributed by atoms with Crippen molar-refractivity contribution in [2.45, 2.75) is 32.4 Å². The molecule has 1 aliphatic carbocycles. The molecule has 0 aromatic carbocycles. The highest BCUT2D eigenvalue weighted by Crippen LogP contribution is 2.40. The van der Waals surface area contributed by atoms with Crippen molar-refractivity contribution in [2.75, 3.05) is 5.32 Å². The van der Waals surface area contributed by atoms with Crippen LogP contribution in [0.1, 0.15) is 29.8 Å². The molecule has 1 unspecified atom stereocenters. The molecule has 2 aromatic heterocycles. The summed E-state index contributed by atoms with van der Waals surface area (Å²) in [4.78, 5) is 1.43. The first-order valence-electron chi connectivity index (χ1n) is 5.83. The molecule has 0 aliphatic heterocycles. The molecule has 1 aliphatic rings. The molecule has 2 heterocycles. The molecule has 0 fully saturated rings. The fourth-order valence-electron chi connectivity index (χ4n) is 2.29. The molecule has 2 aromatic rings. The number of aromatic nitrogens is 2. The van der Waals surface area contributed by atoms with Gasteiger partial charge in [-0.25, -0.2) is 0 Å². The Labute approximate surface area is 109 Å². The second kappa shape index (κ2) is 4.35. The summed E-state index contributed by atoms with van der Waals surface area (Å²) in [6.07, 6.45) is 6.21. The van der Waals surface area contributed by atoms with Gasteiger partial charge >= 0.3 is 0 Å². The van der Waals surface area contributed by atoms with Crippen molar-refractivity contribution >= 4 is 28.6 Å². The summed E-state index contributed by atoms with van der Waals surface area (Å²) in [6, 6.07) is 2.49. The van der Waals surface area contributed by atoms with Crippen LogP contribution in [0.3, 0.4) is 0 Å². The van der Waals surface area contributed by atoms with Crippen molar-refractivity contribution in [3.05, 3.63) is 33.2 Å². The van der Waals surface area contributed by atoms with Crippen molar-refractivity contribution in [1.82, 2.24) is 9.78 Å². The van der Waals surface area contributed by atoms with Gasteiger partial charge in [-0.05, 0) is 31.4 Å². The summed E-state index contributed by atoms with van der Waals surface area (Å²) in [5.41, 5.74) is 2.45. The highest BCUT2D eigenvalue weighted by atomic mass is 35.5. The fourth-order valence-corrected chi connectivity index (χ4v) is 3.65. The predicted molar refractivity (Wildman–Crippen MR) is 71.9 cm³/mol. The van der Waals surface area contributed by atoms with Crippen molar-refractivity contribution in [3.63, 3.8) is 0 Å². The monoisotopic (exact) mass is 267 g/mol. The minimum atomic E-state index is 0.392. The summed E-state index contributed by atoms with van der Waals surface area (Å²) in [7, 11) is 0. The summed E-state index contributed by atoms with van der Waals surface area (Å²) >= 11 is 7.75. The minimum absolute atomic E-state index is 0.392. The first-order chi connectivity index (χ1) is 8.26. The van der Waals surface area contributed by atoms with Crippen LogP contribution in [0.25, 0.3) is 0 Å². The van der Waals surface area contributed by atoms with Gasteiger partial charge in [-0.2, -0.15) is 5.10 Å². The van der Waals surface area contributed by atoms with Crippen molar-refractivity contribution in [1.29, 1.82) is 0 Å². The van der Waals surface area contributed by atoms with E-state index in [0.29, 0.717) is 6.04 Å². The van der Waals surface area contributed by atoms with Crippen molar-refractivity contribution < 1.29 is 0 Å². The lowest BCUT2D eigenvalue weighted by Gasteiger charge is -2.12. The molecule has 0 bridgehead atoms. The van der Waals surface area contributed by atoms with E-state index < -0.39 is 0 Å². The van der Waals surface area contributed by atoms with E-state index >= 15 is 0 Å². The molecule has 0 saturated heterocycles. The minimum Gasteiger partial charge on any atom is -0.376 e. The number of fused-ring (bicyclic) bond motifs is 1. The van der Waals surface area contributed by atoms with Crippen LogP contribution in [0.15, 0.2) is 18.5 Å². The van der Waals surface area contributed by atoms with Crippen LogP contribution >= 0.6 is 22.9 Å². The summed E-state index contributed by atoms with van der Waals surface area (Å²) in [5.74, 6) is 0. The number of halogens is 1. The second-order valence-electron chi connectivity index (χ2n) is 4.25. The molecule has 90 valence electrons. The highest BCUT2D eigenvalue weighted by molar-refractivity contribution is 7.16. The van der Waals surface area contributed by atoms with E-state index in [1.54, 1.807) is 11.3 Å². The third-order valence-electron chi connectivity index (χ3n) is 3.15. The zero-order valence-electron chi connectivity index (χ0n) is 9.61. The number of hydrogen-bond donors (Lipinski definition) is 1. The summed E-state index contributed by atoms with van der Waals surface area (Å²) in [6.45, 7) is 2.99. The van der Waals surface area contributed by atoms with E-state index in [0.717, 1.165) is 29.4 Å². The standard InChI is InChI=1S/C12H14ClN3S/c1-2-16-7-8(6-14-16)15-10-3-4-11-9(10)5-12(13)17-11/h5-7,10,15H,2-4H2,1H3. The molecule has 3 nitrogen and oxygen atoms in total. The van der Waals surface area contributed by atoms with Gasteiger partial charge in [0.2, 0.25) is 0 Å². The first kappa shape index (κ1) is 11.1. The maximum absolute atomic E-state index is 6.05. The summed E-state index contributed by atoms with van der Waals surface area (Å²) in [5, 5.41) is 7.80. The number of nitrogens with zero attached hydrogens (tertiary/aromatic N) is 2. The smallest absolute Gasteiger partial charge is 0.0934 e. The van der Waals surface area contributed by atoms with E-state index in [-0.39, 0.29) is 0 Å². The number of thiophene rings is 1. The van der Waals surface area contributed by atoms with Crippen molar-refractivity contribution in [2.24, 2.45) is 0 Å². The lowest BCUT2D eigenvalue weighted by atomic mass is 10.2. The number of rotatable bonds is 3. The highest BCUT2D eigenvalue weighted by Gasteiger charge is 2.25. The number of anilines is 1. The Balaban J connectivity index is 1.78. The van der Waals surface area contributed by atoms with E-state index in [1.807, 2.05) is 17.1 Å². The van der Waals surface area contributed by atoms with Crippen LogP contribution < -0.4 is 5.32 Å². The first-order valence-corrected chi connectivity index (χ1v) is 7.03. The van der Waals surface area contributed by atoms with Crippen LogP contribution in [-0.4, -0.2) is 9.78 Å². The van der Waals surface area contributed by atoms with Gasteiger partial charge < -0.3 is 5.32 Å². The van der Waals surface area contributed by atoms with Crippen LogP contribution in [-0.2, 0) is 13.0 Å². The normalized spacial score (nSPS) is 18.4. The molecule has 5 heteroatoms. The molecule has 17 heavy (non-hydrogen) atoms. The molecule has 0 amide bonds. The van der Waals surface area contributed by atoms with Gasteiger partial charge in [0.25, 0.3) is 0 Å². The molecule has 0 spiro atoms. The zero-order valence-corrected chi connectivity index (χ0v) is 11.2. The quantitative estimate of drug-likeness (QED) is 0.919. The predicted octanol–water partition coefficient (Wildman–Crippen LogP) is 3.72. The van der Waals surface area contributed by atoms with Gasteiger partial charge in [-0.15, -0.1) is 11.3 Å². The Kier molecular flexibility index (Phi) is 2.84. The number of nitrogens with one attached hydrogen (secondary N) is 1. The van der Waals surface area contributed by atoms with E-state index in [1.165, 1.54) is 10.4 Å². The lowest BCUT2D eigenvalue weighted by Crippen LogP contribution is -2.05. The second-order valence-corrected chi connectivity index (χ2v) is 6.02. The van der Waals surface area contributed by atoms with E-state index in [9.17, 15) is 0 Å². The Hall–Kier alpha value is -1.00. The third kappa shape index (κ3) is 2.07. The Morgan fingerprint density at radius 3 is 3.29 bits per heavy atom. The van der Waals surface area contributed by atoms with Gasteiger partial charge in [-0.1, -0.05) is 11.6 Å². The Morgan fingerprint density at radius 1 is 1.65 bits per heavy atom. The molecular weight excluding hydrogens is 254 g/mol. The maximum atomic E-state index is 6.05. The van der Waals surface area contributed by atoms with Crippen LogP contribution in [0.2, 0.25) is 4.34 Å². The molecule has 0 saturated carbocycles. The Morgan fingerprint density at radius 2 is 2.53 bits per heavy atom. The molecule has 1 atom stereocenters. The third-order valence-corrected chi connectivity index (χ3v) is 4.48. The maximum Gasteiger partial charge on any atom is 0.0934 e. The molecular formula is C12H14ClN3S. The SMILES string of the molecule is CCn1cc(NC2CCc3sc(Cl)cc32)cn1. The summed E-state index contributed by atoms with van der Waals surface area (Å²) < 4.78 is 2.82. The average molecular weight is 268 g/mol. The van der Waals surface area contributed by atoms with Gasteiger partial charge in [0.15, 0.2) is 0 Å². The molecule has 0 radical (unpaired) electrons. The topological polar surface area (TPSA) is 29.9 Å². The fraction of sp³-hybridized carbons (Fsp3) is 0.417. The van der Waals surface area contributed by atoms with Gasteiger partial charge in [0.1, 0.15) is 0 Å². The Bertz CT molecular complexity index is 532. The lowest BCUT2D eigenvalue weighted by molar-refractivity contribution is 0.659. The van der Waals surface area contributed by atoms with Gasteiger partial charge in [0, 0.05) is 17.6 Å². The van der Waals surface area contributed by atoms with E-state index in [2.05, 4.69) is 23.4 Å². The number of aryl methyl sites for hydroxylation is 2. The van der Waals surface area contributed by atoms with Crippen LogP contribution in [0, 0.1) is 0 Å². The van der Waals surface area contributed by atoms with Crippen LogP contribution in [0.5, 0.6) is 0 Å². The van der Waals surface area contributed by atoms with Crippen molar-refractivity contribution in [3.8, 4) is 0 Å². The average Bonchev–Trinajstić information content (AvgIpc) is 2.97. The zero-order chi connectivity index (χ0) is 11.8. The van der Waals surface area contributed by atoms with Gasteiger partial charge in [0.05, 0.1) is 22.3 Å². The molecule has 3 rings (SSSR count). The molecule has 1 N–H and O–H groups in total. The van der Waals surface area contributed by atoms with Gasteiger partial charge in [-0.3, -0.25) is 4.68 Å².